The van der Waals surface area contributed by atoms with Gasteiger partial charge in [-0.05, 0) is 50.8 Å². The summed E-state index contributed by atoms with van der Waals surface area (Å²) in [7, 11) is 0. The van der Waals surface area contributed by atoms with E-state index in [1.807, 2.05) is 19.9 Å². The van der Waals surface area contributed by atoms with Gasteiger partial charge in [0.15, 0.2) is 0 Å². The van der Waals surface area contributed by atoms with Gasteiger partial charge < -0.3 is 10.4 Å². The minimum atomic E-state index is 0.169. The molecule has 0 bridgehead atoms. The number of anilines is 1. The number of hydrogen-bond donors (Lipinski definition) is 2. The Labute approximate surface area is 107 Å². The lowest BCUT2D eigenvalue weighted by atomic mass is 10.1. The average molecular weight is 338 g/mol. The van der Waals surface area contributed by atoms with Crippen molar-refractivity contribution in [3.05, 3.63) is 21.2 Å². The van der Waals surface area contributed by atoms with Crippen molar-refractivity contribution in [2.45, 2.75) is 19.9 Å². The number of aliphatic hydroxyl groups is 1. The monoisotopic (exact) mass is 336 g/mol. The lowest BCUT2D eigenvalue weighted by Crippen LogP contribution is -2.26. The van der Waals surface area contributed by atoms with Gasteiger partial charge in [0.25, 0.3) is 0 Å². The second kappa shape index (κ2) is 5.82. The second-order valence-electron chi connectivity index (χ2n) is 3.58. The third kappa shape index (κ3) is 3.74. The van der Waals surface area contributed by atoms with Crippen LogP contribution in [0.5, 0.6) is 0 Å². The zero-order valence-electron chi connectivity index (χ0n) is 8.67. The van der Waals surface area contributed by atoms with Crippen LogP contribution in [0.4, 0.5) is 5.82 Å². The SMILES string of the molecule is CC(CO)C(C)Nc1ncc(Br)cc1Br. The summed E-state index contributed by atoms with van der Waals surface area (Å²) in [5.41, 5.74) is 0. The molecule has 0 saturated heterocycles. The van der Waals surface area contributed by atoms with Crippen LogP contribution >= 0.6 is 31.9 Å². The largest absolute Gasteiger partial charge is 0.396 e. The van der Waals surface area contributed by atoms with Crippen molar-refractivity contribution in [2.75, 3.05) is 11.9 Å². The number of rotatable bonds is 4. The Morgan fingerprint density at radius 2 is 2.13 bits per heavy atom. The van der Waals surface area contributed by atoms with Crippen molar-refractivity contribution in [2.24, 2.45) is 5.92 Å². The molecule has 15 heavy (non-hydrogen) atoms. The van der Waals surface area contributed by atoms with Crippen molar-refractivity contribution >= 4 is 37.7 Å². The fraction of sp³-hybridized carbons (Fsp3) is 0.500. The van der Waals surface area contributed by atoms with Crippen LogP contribution in [0.25, 0.3) is 0 Å². The Morgan fingerprint density at radius 1 is 1.47 bits per heavy atom. The standard InChI is InChI=1S/C10H14Br2N2O/c1-6(5-15)7(2)14-10-9(12)3-8(11)4-13-10/h3-4,6-7,15H,5H2,1-2H3,(H,13,14). The Bertz CT molecular complexity index is 333. The summed E-state index contributed by atoms with van der Waals surface area (Å²) >= 11 is 6.77. The van der Waals surface area contributed by atoms with Crippen LogP contribution in [0.2, 0.25) is 0 Å². The minimum absolute atomic E-state index is 0.169. The van der Waals surface area contributed by atoms with Crippen molar-refractivity contribution in [3.8, 4) is 0 Å². The van der Waals surface area contributed by atoms with Crippen molar-refractivity contribution in [3.63, 3.8) is 0 Å². The molecule has 0 spiro atoms. The number of nitrogens with zero attached hydrogens (tertiary/aromatic N) is 1. The molecule has 0 fully saturated rings. The predicted molar refractivity (Wildman–Crippen MR) is 69.0 cm³/mol. The van der Waals surface area contributed by atoms with Gasteiger partial charge in [0.05, 0.1) is 4.47 Å². The van der Waals surface area contributed by atoms with Gasteiger partial charge in [-0.1, -0.05) is 6.92 Å². The van der Waals surface area contributed by atoms with Crippen LogP contribution in [0, 0.1) is 5.92 Å². The maximum Gasteiger partial charge on any atom is 0.140 e. The molecule has 1 heterocycles. The molecule has 0 aliphatic carbocycles. The molecular formula is C10H14Br2N2O. The minimum Gasteiger partial charge on any atom is -0.396 e. The van der Waals surface area contributed by atoms with E-state index in [2.05, 4.69) is 42.2 Å². The Hall–Kier alpha value is -0.130. The van der Waals surface area contributed by atoms with E-state index in [-0.39, 0.29) is 18.6 Å². The summed E-state index contributed by atoms with van der Waals surface area (Å²) in [4.78, 5) is 4.25. The highest BCUT2D eigenvalue weighted by atomic mass is 79.9. The van der Waals surface area contributed by atoms with Crippen molar-refractivity contribution in [1.29, 1.82) is 0 Å². The summed E-state index contributed by atoms with van der Waals surface area (Å²) < 4.78 is 1.84. The molecule has 0 aromatic carbocycles. The van der Waals surface area contributed by atoms with Crippen LogP contribution in [-0.2, 0) is 0 Å². The zero-order valence-corrected chi connectivity index (χ0v) is 11.8. The number of nitrogens with one attached hydrogen (secondary N) is 1. The Balaban J connectivity index is 2.72. The third-order valence-corrected chi connectivity index (χ3v) is 3.35. The van der Waals surface area contributed by atoms with Gasteiger partial charge in [-0.15, -0.1) is 0 Å². The molecule has 2 N–H and O–H groups in total. The highest BCUT2D eigenvalue weighted by molar-refractivity contribution is 9.11. The Morgan fingerprint density at radius 3 is 2.67 bits per heavy atom. The number of pyridine rings is 1. The molecule has 84 valence electrons. The van der Waals surface area contributed by atoms with Crippen LogP contribution in [0.1, 0.15) is 13.8 Å². The van der Waals surface area contributed by atoms with E-state index in [1.54, 1.807) is 6.20 Å². The number of hydrogen-bond acceptors (Lipinski definition) is 3. The van der Waals surface area contributed by atoms with Gasteiger partial charge >= 0.3 is 0 Å². The highest BCUT2D eigenvalue weighted by Crippen LogP contribution is 2.24. The molecule has 0 radical (unpaired) electrons. The lowest BCUT2D eigenvalue weighted by molar-refractivity contribution is 0.226. The van der Waals surface area contributed by atoms with Crippen molar-refractivity contribution in [1.82, 2.24) is 4.98 Å². The van der Waals surface area contributed by atoms with Crippen LogP contribution in [0.3, 0.4) is 0 Å². The third-order valence-electron chi connectivity index (χ3n) is 2.31. The van der Waals surface area contributed by atoms with Crippen LogP contribution < -0.4 is 5.32 Å². The second-order valence-corrected chi connectivity index (χ2v) is 5.35. The van der Waals surface area contributed by atoms with Crippen molar-refractivity contribution < 1.29 is 5.11 Å². The van der Waals surface area contributed by atoms with E-state index in [0.717, 1.165) is 14.8 Å². The highest BCUT2D eigenvalue weighted by Gasteiger charge is 2.12. The smallest absolute Gasteiger partial charge is 0.140 e. The lowest BCUT2D eigenvalue weighted by Gasteiger charge is -2.20. The van der Waals surface area contributed by atoms with E-state index >= 15 is 0 Å². The first kappa shape index (κ1) is 12.9. The van der Waals surface area contributed by atoms with Gasteiger partial charge in [0, 0.05) is 23.3 Å². The summed E-state index contributed by atoms with van der Waals surface area (Å²) in [6, 6.07) is 2.12. The Kier molecular flexibility index (Phi) is 5.02. The number of aromatic nitrogens is 1. The maximum absolute atomic E-state index is 9.02. The summed E-state index contributed by atoms with van der Waals surface area (Å²) in [6.07, 6.45) is 1.74. The van der Waals surface area contributed by atoms with E-state index in [0.29, 0.717) is 0 Å². The number of aliphatic hydroxyl groups excluding tert-OH is 1. The molecule has 1 aromatic heterocycles. The predicted octanol–water partition coefficient (Wildman–Crippen LogP) is 3.04. The first-order valence-electron chi connectivity index (χ1n) is 4.73. The van der Waals surface area contributed by atoms with Gasteiger partial charge in [0.1, 0.15) is 5.82 Å². The van der Waals surface area contributed by atoms with Gasteiger partial charge in [-0.3, -0.25) is 0 Å². The van der Waals surface area contributed by atoms with Gasteiger partial charge in [0.2, 0.25) is 0 Å². The molecule has 1 aromatic rings. The fourth-order valence-corrected chi connectivity index (χ4v) is 2.14. The maximum atomic E-state index is 9.02. The molecule has 0 amide bonds. The zero-order chi connectivity index (χ0) is 11.4. The molecule has 0 aliphatic rings. The molecule has 3 nitrogen and oxygen atoms in total. The topological polar surface area (TPSA) is 45.1 Å². The molecule has 2 atom stereocenters. The molecule has 5 heteroatoms. The van der Waals surface area contributed by atoms with E-state index in [4.69, 9.17) is 5.11 Å². The number of halogens is 2. The molecule has 1 rings (SSSR count). The van der Waals surface area contributed by atoms with E-state index in [9.17, 15) is 0 Å². The molecule has 0 aliphatic heterocycles. The summed E-state index contributed by atoms with van der Waals surface area (Å²) in [6.45, 7) is 4.18. The van der Waals surface area contributed by atoms with Gasteiger partial charge in [-0.25, -0.2) is 4.98 Å². The molecule has 2 unspecified atom stereocenters. The fourth-order valence-electron chi connectivity index (χ4n) is 1.04. The van der Waals surface area contributed by atoms with E-state index < -0.39 is 0 Å². The normalized spacial score (nSPS) is 14.7. The van der Waals surface area contributed by atoms with Crippen LogP contribution in [-0.4, -0.2) is 22.7 Å². The first-order valence-corrected chi connectivity index (χ1v) is 6.31. The summed E-state index contributed by atoms with van der Waals surface area (Å²) in [5.74, 6) is 0.994. The molecule has 0 saturated carbocycles. The van der Waals surface area contributed by atoms with Crippen LogP contribution in [0.15, 0.2) is 21.2 Å². The van der Waals surface area contributed by atoms with E-state index in [1.165, 1.54) is 0 Å². The quantitative estimate of drug-likeness (QED) is 0.887. The first-order chi connectivity index (χ1) is 7.04. The summed E-state index contributed by atoms with van der Waals surface area (Å²) in [5, 5.41) is 12.3. The average Bonchev–Trinajstić information content (AvgIpc) is 2.20. The van der Waals surface area contributed by atoms with Gasteiger partial charge in [-0.2, -0.15) is 0 Å². The molecular weight excluding hydrogens is 324 g/mol.